The van der Waals surface area contributed by atoms with Crippen LogP contribution in [-0.2, 0) is 6.54 Å². The standard InChI is InChI=1S/C15H12BrN3O2/c16-13-5-1-10(2-6-13)9-19-14-7-11(15(20)18-21)3-4-12(14)8-17-19/h1-8,21H,9H2,(H,18,20). The van der Waals surface area contributed by atoms with Gasteiger partial charge in [0, 0.05) is 15.4 Å². The Kier molecular flexibility index (Phi) is 3.72. The summed E-state index contributed by atoms with van der Waals surface area (Å²) < 4.78 is 2.85. The van der Waals surface area contributed by atoms with Gasteiger partial charge < -0.3 is 0 Å². The Morgan fingerprint density at radius 2 is 2.00 bits per heavy atom. The lowest BCUT2D eigenvalue weighted by molar-refractivity contribution is 0.0706. The van der Waals surface area contributed by atoms with Crippen molar-refractivity contribution >= 4 is 32.7 Å². The zero-order valence-corrected chi connectivity index (χ0v) is 12.5. The topological polar surface area (TPSA) is 67.2 Å². The molecule has 3 rings (SSSR count). The molecule has 2 aromatic carbocycles. The van der Waals surface area contributed by atoms with Gasteiger partial charge in [-0.2, -0.15) is 5.10 Å². The summed E-state index contributed by atoms with van der Waals surface area (Å²) in [6.07, 6.45) is 1.76. The summed E-state index contributed by atoms with van der Waals surface area (Å²) in [7, 11) is 0. The van der Waals surface area contributed by atoms with Gasteiger partial charge in [0.25, 0.3) is 5.91 Å². The van der Waals surface area contributed by atoms with E-state index >= 15 is 0 Å². The molecule has 0 fully saturated rings. The highest BCUT2D eigenvalue weighted by Gasteiger charge is 2.09. The highest BCUT2D eigenvalue weighted by atomic mass is 79.9. The zero-order valence-electron chi connectivity index (χ0n) is 11.0. The minimum atomic E-state index is -0.534. The lowest BCUT2D eigenvalue weighted by atomic mass is 10.1. The smallest absolute Gasteiger partial charge is 0.274 e. The van der Waals surface area contributed by atoms with Gasteiger partial charge >= 0.3 is 0 Å². The molecule has 0 bridgehead atoms. The van der Waals surface area contributed by atoms with Crippen LogP contribution in [0, 0.1) is 0 Å². The van der Waals surface area contributed by atoms with Crippen LogP contribution in [0.25, 0.3) is 10.9 Å². The lowest BCUT2D eigenvalue weighted by Gasteiger charge is -2.05. The van der Waals surface area contributed by atoms with Gasteiger partial charge in [-0.3, -0.25) is 14.7 Å². The maximum atomic E-state index is 11.5. The molecule has 1 heterocycles. The number of amides is 1. The highest BCUT2D eigenvalue weighted by molar-refractivity contribution is 9.10. The van der Waals surface area contributed by atoms with Crippen molar-refractivity contribution in [2.24, 2.45) is 0 Å². The van der Waals surface area contributed by atoms with Crippen LogP contribution in [0.4, 0.5) is 0 Å². The minimum absolute atomic E-state index is 0.391. The van der Waals surface area contributed by atoms with Gasteiger partial charge in [-0.1, -0.05) is 34.1 Å². The second-order valence-corrected chi connectivity index (χ2v) is 5.56. The molecule has 0 atom stereocenters. The maximum absolute atomic E-state index is 11.5. The number of halogens is 1. The van der Waals surface area contributed by atoms with Gasteiger partial charge in [0.15, 0.2) is 0 Å². The lowest BCUT2D eigenvalue weighted by Crippen LogP contribution is -2.18. The number of hydrogen-bond acceptors (Lipinski definition) is 3. The SMILES string of the molecule is O=C(NO)c1ccc2cnn(Cc3ccc(Br)cc3)c2c1. The molecule has 5 nitrogen and oxygen atoms in total. The Hall–Kier alpha value is -2.18. The third kappa shape index (κ3) is 2.81. The fourth-order valence-corrected chi connectivity index (χ4v) is 2.43. The van der Waals surface area contributed by atoms with E-state index < -0.39 is 5.91 Å². The molecular formula is C15H12BrN3O2. The van der Waals surface area contributed by atoms with Crippen LogP contribution < -0.4 is 5.48 Å². The van der Waals surface area contributed by atoms with Crippen molar-refractivity contribution in [3.63, 3.8) is 0 Å². The van der Waals surface area contributed by atoms with Gasteiger partial charge in [-0.15, -0.1) is 0 Å². The van der Waals surface area contributed by atoms with Crippen molar-refractivity contribution in [1.29, 1.82) is 0 Å². The summed E-state index contributed by atoms with van der Waals surface area (Å²) in [6, 6.07) is 13.2. The Morgan fingerprint density at radius 3 is 2.71 bits per heavy atom. The van der Waals surface area contributed by atoms with E-state index in [1.165, 1.54) is 0 Å². The summed E-state index contributed by atoms with van der Waals surface area (Å²) in [4.78, 5) is 11.5. The molecule has 0 aliphatic carbocycles. The highest BCUT2D eigenvalue weighted by Crippen LogP contribution is 2.18. The van der Waals surface area contributed by atoms with Crippen LogP contribution in [0.5, 0.6) is 0 Å². The quantitative estimate of drug-likeness (QED) is 0.566. The molecule has 0 unspecified atom stereocenters. The van der Waals surface area contributed by atoms with Crippen LogP contribution in [0.1, 0.15) is 15.9 Å². The number of carbonyl (C=O) groups excluding carboxylic acids is 1. The van der Waals surface area contributed by atoms with Gasteiger partial charge in [0.1, 0.15) is 0 Å². The molecule has 1 amide bonds. The van der Waals surface area contributed by atoms with E-state index in [-0.39, 0.29) is 0 Å². The van der Waals surface area contributed by atoms with Crippen molar-refractivity contribution in [2.45, 2.75) is 6.54 Å². The molecule has 21 heavy (non-hydrogen) atoms. The van der Waals surface area contributed by atoms with Gasteiger partial charge in [0.2, 0.25) is 0 Å². The first-order valence-electron chi connectivity index (χ1n) is 6.32. The van der Waals surface area contributed by atoms with E-state index in [4.69, 9.17) is 5.21 Å². The summed E-state index contributed by atoms with van der Waals surface area (Å²) >= 11 is 3.41. The number of nitrogens with one attached hydrogen (secondary N) is 1. The second-order valence-electron chi connectivity index (χ2n) is 4.64. The van der Waals surface area contributed by atoms with E-state index in [1.54, 1.807) is 23.8 Å². The number of benzene rings is 2. The Balaban J connectivity index is 1.98. The molecule has 0 aliphatic heterocycles. The molecule has 3 aromatic rings. The fourth-order valence-electron chi connectivity index (χ4n) is 2.17. The van der Waals surface area contributed by atoms with Crippen LogP contribution in [0.3, 0.4) is 0 Å². The molecule has 0 radical (unpaired) electrons. The van der Waals surface area contributed by atoms with Crippen molar-refractivity contribution in [2.75, 3.05) is 0 Å². The first kappa shape index (κ1) is 13.8. The Labute approximate surface area is 129 Å². The number of fused-ring (bicyclic) bond motifs is 1. The average molecular weight is 346 g/mol. The summed E-state index contributed by atoms with van der Waals surface area (Å²) in [5.74, 6) is -0.534. The monoisotopic (exact) mass is 345 g/mol. The largest absolute Gasteiger partial charge is 0.288 e. The number of rotatable bonds is 3. The Morgan fingerprint density at radius 1 is 1.24 bits per heavy atom. The Bertz CT molecular complexity index is 796. The van der Waals surface area contributed by atoms with E-state index in [1.807, 2.05) is 35.0 Å². The van der Waals surface area contributed by atoms with Crippen LogP contribution in [0.2, 0.25) is 0 Å². The zero-order chi connectivity index (χ0) is 14.8. The number of hydroxylamine groups is 1. The molecule has 0 aliphatic rings. The molecule has 0 spiro atoms. The van der Waals surface area contributed by atoms with E-state index in [2.05, 4.69) is 21.0 Å². The summed E-state index contributed by atoms with van der Waals surface area (Å²) in [5.41, 5.74) is 3.99. The van der Waals surface area contributed by atoms with Gasteiger partial charge in [-0.25, -0.2) is 5.48 Å². The van der Waals surface area contributed by atoms with Crippen LogP contribution in [0.15, 0.2) is 53.1 Å². The van der Waals surface area contributed by atoms with Gasteiger partial charge in [-0.05, 0) is 29.8 Å². The number of aromatic nitrogens is 2. The minimum Gasteiger partial charge on any atom is -0.288 e. The normalized spacial score (nSPS) is 10.8. The maximum Gasteiger partial charge on any atom is 0.274 e. The molecule has 0 saturated heterocycles. The van der Waals surface area contributed by atoms with Crippen molar-refractivity contribution in [1.82, 2.24) is 15.3 Å². The third-order valence-electron chi connectivity index (χ3n) is 3.25. The number of nitrogens with zero attached hydrogens (tertiary/aromatic N) is 2. The first-order chi connectivity index (χ1) is 10.2. The first-order valence-corrected chi connectivity index (χ1v) is 7.11. The van der Waals surface area contributed by atoms with Crippen LogP contribution >= 0.6 is 15.9 Å². The summed E-state index contributed by atoms with van der Waals surface area (Å²) in [5, 5.41) is 14.0. The van der Waals surface area contributed by atoms with Crippen molar-refractivity contribution in [3.8, 4) is 0 Å². The van der Waals surface area contributed by atoms with Crippen LogP contribution in [-0.4, -0.2) is 20.9 Å². The predicted octanol–water partition coefficient (Wildman–Crippen LogP) is 2.97. The van der Waals surface area contributed by atoms with Gasteiger partial charge in [0.05, 0.1) is 18.3 Å². The molecule has 6 heteroatoms. The van der Waals surface area contributed by atoms with E-state index in [0.717, 1.165) is 20.9 Å². The predicted molar refractivity (Wildman–Crippen MR) is 82.2 cm³/mol. The fraction of sp³-hybridized carbons (Fsp3) is 0.0667. The molecule has 1 aromatic heterocycles. The van der Waals surface area contributed by atoms with E-state index in [0.29, 0.717) is 12.1 Å². The molecular weight excluding hydrogens is 334 g/mol. The van der Waals surface area contributed by atoms with Crippen molar-refractivity contribution < 1.29 is 10.0 Å². The second kappa shape index (κ2) is 5.67. The summed E-state index contributed by atoms with van der Waals surface area (Å²) in [6.45, 7) is 0.612. The molecule has 0 saturated carbocycles. The number of carbonyl (C=O) groups is 1. The van der Waals surface area contributed by atoms with E-state index in [9.17, 15) is 4.79 Å². The van der Waals surface area contributed by atoms with Crippen molar-refractivity contribution in [3.05, 3.63) is 64.3 Å². The molecule has 106 valence electrons. The molecule has 2 N–H and O–H groups in total. The average Bonchev–Trinajstić information content (AvgIpc) is 2.91. The number of hydrogen-bond donors (Lipinski definition) is 2. The third-order valence-corrected chi connectivity index (χ3v) is 3.78.